The van der Waals surface area contributed by atoms with E-state index < -0.39 is 0 Å². The average molecular weight is 406 g/mol. The summed E-state index contributed by atoms with van der Waals surface area (Å²) in [6.07, 6.45) is 1.59. The van der Waals surface area contributed by atoms with Crippen molar-refractivity contribution in [2.75, 3.05) is 25.5 Å². The van der Waals surface area contributed by atoms with E-state index in [9.17, 15) is 9.59 Å². The number of benzene rings is 1. The summed E-state index contributed by atoms with van der Waals surface area (Å²) in [5, 5.41) is 2.66. The molecular formula is C18H20BrN3O3. The summed E-state index contributed by atoms with van der Waals surface area (Å²) in [6, 6.07) is 8.69. The third-order valence-corrected chi connectivity index (χ3v) is 3.91. The van der Waals surface area contributed by atoms with Crippen molar-refractivity contribution in [2.24, 2.45) is 0 Å². The van der Waals surface area contributed by atoms with Crippen LogP contribution in [0.1, 0.15) is 22.8 Å². The zero-order chi connectivity index (χ0) is 18.4. The Balaban J connectivity index is 1.98. The van der Waals surface area contributed by atoms with Gasteiger partial charge in [-0.1, -0.05) is 0 Å². The lowest BCUT2D eigenvalue weighted by Gasteiger charge is -2.17. The molecule has 0 saturated heterocycles. The molecule has 25 heavy (non-hydrogen) atoms. The number of halogens is 1. The maximum Gasteiger partial charge on any atom is 0.254 e. The van der Waals surface area contributed by atoms with Crippen LogP contribution < -0.4 is 10.1 Å². The second-order valence-corrected chi connectivity index (χ2v) is 6.40. The number of pyridine rings is 1. The van der Waals surface area contributed by atoms with E-state index in [4.69, 9.17) is 4.74 Å². The van der Waals surface area contributed by atoms with Gasteiger partial charge in [0.2, 0.25) is 5.91 Å². The van der Waals surface area contributed by atoms with Crippen LogP contribution in [0.25, 0.3) is 0 Å². The molecule has 0 fully saturated rings. The smallest absolute Gasteiger partial charge is 0.254 e. The fourth-order valence-corrected chi connectivity index (χ4v) is 2.47. The van der Waals surface area contributed by atoms with E-state index in [1.165, 1.54) is 4.90 Å². The van der Waals surface area contributed by atoms with Crippen molar-refractivity contribution < 1.29 is 14.3 Å². The maximum atomic E-state index is 12.5. The van der Waals surface area contributed by atoms with Gasteiger partial charge in [0.15, 0.2) is 0 Å². The highest BCUT2D eigenvalue weighted by molar-refractivity contribution is 9.10. The molecule has 132 valence electrons. The van der Waals surface area contributed by atoms with Gasteiger partial charge in [0, 0.05) is 23.3 Å². The minimum Gasteiger partial charge on any atom is -0.494 e. The minimum absolute atomic E-state index is 0.0666. The first-order chi connectivity index (χ1) is 11.9. The SMILES string of the molecule is CCOc1ccc(C(=O)N(C)CC(=O)Nc2ccc(Br)cn2)cc1C. The molecule has 0 bridgehead atoms. The zero-order valence-electron chi connectivity index (χ0n) is 14.4. The number of carbonyl (C=O) groups is 2. The highest BCUT2D eigenvalue weighted by atomic mass is 79.9. The topological polar surface area (TPSA) is 71.5 Å². The molecule has 0 aliphatic carbocycles. The Kier molecular flexibility index (Phi) is 6.52. The Morgan fingerprint density at radius 3 is 2.64 bits per heavy atom. The van der Waals surface area contributed by atoms with Crippen molar-refractivity contribution in [2.45, 2.75) is 13.8 Å². The summed E-state index contributed by atoms with van der Waals surface area (Å²) in [6.45, 7) is 4.29. The molecule has 0 aliphatic heterocycles. The van der Waals surface area contributed by atoms with E-state index in [2.05, 4.69) is 26.2 Å². The number of aromatic nitrogens is 1. The number of amides is 2. The van der Waals surface area contributed by atoms with Crippen LogP contribution in [-0.2, 0) is 4.79 Å². The van der Waals surface area contributed by atoms with Gasteiger partial charge in [-0.15, -0.1) is 0 Å². The molecule has 2 rings (SSSR count). The number of hydrogen-bond donors (Lipinski definition) is 1. The predicted molar refractivity (Wildman–Crippen MR) is 99.9 cm³/mol. The van der Waals surface area contributed by atoms with Gasteiger partial charge in [0.05, 0.1) is 13.2 Å². The van der Waals surface area contributed by atoms with E-state index in [-0.39, 0.29) is 18.4 Å². The second-order valence-electron chi connectivity index (χ2n) is 5.48. The largest absolute Gasteiger partial charge is 0.494 e. The number of carbonyl (C=O) groups excluding carboxylic acids is 2. The van der Waals surface area contributed by atoms with Crippen LogP contribution in [0.5, 0.6) is 5.75 Å². The van der Waals surface area contributed by atoms with Gasteiger partial charge in [-0.2, -0.15) is 0 Å². The van der Waals surface area contributed by atoms with Gasteiger partial charge in [0.1, 0.15) is 11.6 Å². The number of anilines is 1. The molecule has 0 atom stereocenters. The predicted octanol–water partition coefficient (Wildman–Crippen LogP) is 3.26. The Hall–Kier alpha value is -2.41. The Morgan fingerprint density at radius 1 is 1.28 bits per heavy atom. The number of nitrogens with one attached hydrogen (secondary N) is 1. The fraction of sp³-hybridized carbons (Fsp3) is 0.278. The van der Waals surface area contributed by atoms with Gasteiger partial charge < -0.3 is 15.0 Å². The quantitative estimate of drug-likeness (QED) is 0.800. The van der Waals surface area contributed by atoms with E-state index in [0.717, 1.165) is 15.8 Å². The van der Waals surface area contributed by atoms with E-state index in [0.29, 0.717) is 18.0 Å². The van der Waals surface area contributed by atoms with Gasteiger partial charge in [-0.05, 0) is 65.7 Å². The maximum absolute atomic E-state index is 12.5. The normalized spacial score (nSPS) is 10.2. The molecule has 1 aromatic carbocycles. The van der Waals surface area contributed by atoms with Gasteiger partial charge >= 0.3 is 0 Å². The van der Waals surface area contributed by atoms with Crippen LogP contribution in [0.4, 0.5) is 5.82 Å². The molecule has 2 aromatic rings. The van der Waals surface area contributed by atoms with Crippen LogP contribution in [0.15, 0.2) is 41.0 Å². The van der Waals surface area contributed by atoms with Gasteiger partial charge in [0.25, 0.3) is 5.91 Å². The first-order valence-corrected chi connectivity index (χ1v) is 8.60. The molecule has 0 saturated carbocycles. The monoisotopic (exact) mass is 405 g/mol. The second kappa shape index (κ2) is 8.62. The standard InChI is InChI=1S/C18H20BrN3O3/c1-4-25-15-7-5-13(9-12(15)2)18(24)22(3)11-17(23)21-16-8-6-14(19)10-20-16/h5-10H,4,11H2,1-3H3,(H,20,21,23). The summed E-state index contributed by atoms with van der Waals surface area (Å²) in [4.78, 5) is 30.0. The van der Waals surface area contributed by atoms with Crippen molar-refractivity contribution in [3.8, 4) is 5.75 Å². The summed E-state index contributed by atoms with van der Waals surface area (Å²) >= 11 is 3.28. The summed E-state index contributed by atoms with van der Waals surface area (Å²) in [5.74, 6) is 0.644. The Bertz CT molecular complexity index is 763. The Morgan fingerprint density at radius 2 is 2.04 bits per heavy atom. The summed E-state index contributed by atoms with van der Waals surface area (Å²) < 4.78 is 6.29. The molecular weight excluding hydrogens is 386 g/mol. The van der Waals surface area contributed by atoms with E-state index in [1.54, 1.807) is 43.6 Å². The number of ether oxygens (including phenoxy) is 1. The number of nitrogens with zero attached hydrogens (tertiary/aromatic N) is 2. The highest BCUT2D eigenvalue weighted by Gasteiger charge is 2.16. The minimum atomic E-state index is -0.312. The first-order valence-electron chi connectivity index (χ1n) is 7.81. The molecule has 7 heteroatoms. The van der Waals surface area contributed by atoms with Crippen molar-refractivity contribution in [1.82, 2.24) is 9.88 Å². The van der Waals surface area contributed by atoms with E-state index >= 15 is 0 Å². The van der Waals surface area contributed by atoms with Crippen LogP contribution >= 0.6 is 15.9 Å². The molecule has 1 aromatic heterocycles. The number of aryl methyl sites for hydroxylation is 1. The molecule has 0 unspecified atom stereocenters. The lowest BCUT2D eigenvalue weighted by atomic mass is 10.1. The summed E-state index contributed by atoms with van der Waals surface area (Å²) in [7, 11) is 1.59. The fourth-order valence-electron chi connectivity index (χ4n) is 2.24. The molecule has 1 N–H and O–H groups in total. The lowest BCUT2D eigenvalue weighted by Crippen LogP contribution is -2.35. The number of rotatable bonds is 6. The first kappa shape index (κ1) is 18.9. The number of hydrogen-bond acceptors (Lipinski definition) is 4. The van der Waals surface area contributed by atoms with Crippen molar-refractivity contribution in [1.29, 1.82) is 0 Å². The third kappa shape index (κ3) is 5.29. The zero-order valence-corrected chi connectivity index (χ0v) is 16.0. The van der Waals surface area contributed by atoms with Crippen molar-refractivity contribution >= 4 is 33.6 Å². The molecule has 1 heterocycles. The average Bonchev–Trinajstić information content (AvgIpc) is 2.58. The van der Waals surface area contributed by atoms with Crippen molar-refractivity contribution in [3.05, 3.63) is 52.1 Å². The third-order valence-electron chi connectivity index (χ3n) is 3.44. The highest BCUT2D eigenvalue weighted by Crippen LogP contribution is 2.20. The molecule has 6 nitrogen and oxygen atoms in total. The van der Waals surface area contributed by atoms with Gasteiger partial charge in [-0.25, -0.2) is 4.98 Å². The molecule has 2 amide bonds. The van der Waals surface area contributed by atoms with Crippen molar-refractivity contribution in [3.63, 3.8) is 0 Å². The summed E-state index contributed by atoms with van der Waals surface area (Å²) in [5.41, 5.74) is 1.39. The Labute approximate surface area is 155 Å². The molecule has 0 aliphatic rings. The van der Waals surface area contributed by atoms with Crippen LogP contribution in [0, 0.1) is 6.92 Å². The van der Waals surface area contributed by atoms with Crippen LogP contribution in [-0.4, -0.2) is 41.9 Å². The van der Waals surface area contributed by atoms with E-state index in [1.807, 2.05) is 13.8 Å². The van der Waals surface area contributed by atoms with Crippen LogP contribution in [0.3, 0.4) is 0 Å². The molecule has 0 spiro atoms. The molecule has 0 radical (unpaired) electrons. The lowest BCUT2D eigenvalue weighted by molar-refractivity contribution is -0.116. The number of likely N-dealkylation sites (N-methyl/N-ethyl adjacent to an activating group) is 1. The van der Waals surface area contributed by atoms with Gasteiger partial charge in [-0.3, -0.25) is 9.59 Å². The van der Waals surface area contributed by atoms with Crippen LogP contribution in [0.2, 0.25) is 0 Å².